The Labute approximate surface area is 175 Å². The van der Waals surface area contributed by atoms with Crippen molar-refractivity contribution in [2.24, 2.45) is 0 Å². The summed E-state index contributed by atoms with van der Waals surface area (Å²) in [7, 11) is 0. The summed E-state index contributed by atoms with van der Waals surface area (Å²) >= 11 is 0.860. The van der Waals surface area contributed by atoms with Crippen LogP contribution in [0.2, 0.25) is 0 Å². The Balaban J connectivity index is 1.44. The van der Waals surface area contributed by atoms with Crippen molar-refractivity contribution in [1.82, 2.24) is 9.88 Å². The topological polar surface area (TPSA) is 95.9 Å². The van der Waals surface area contributed by atoms with E-state index >= 15 is 0 Å². The van der Waals surface area contributed by atoms with Gasteiger partial charge in [-0.15, -0.1) is 0 Å². The molecule has 0 unspecified atom stereocenters. The second-order valence-corrected chi connectivity index (χ2v) is 7.55. The molecule has 0 radical (unpaired) electrons. The number of thiazole rings is 1. The molecular formula is C21H18N2O6S. The zero-order chi connectivity index (χ0) is 21.1. The molecule has 1 N–H and O–H groups in total. The molecule has 1 aliphatic rings. The number of benzene rings is 2. The van der Waals surface area contributed by atoms with Crippen LogP contribution in [-0.2, 0) is 17.9 Å². The second kappa shape index (κ2) is 8.42. The maximum atomic E-state index is 12.5. The summed E-state index contributed by atoms with van der Waals surface area (Å²) < 4.78 is 17.2. The average Bonchev–Trinajstić information content (AvgIpc) is 3.33. The van der Waals surface area contributed by atoms with Gasteiger partial charge in [-0.2, -0.15) is 0 Å². The quantitative estimate of drug-likeness (QED) is 0.481. The first-order valence-corrected chi connectivity index (χ1v) is 9.94. The lowest BCUT2D eigenvalue weighted by Crippen LogP contribution is -2.21. The maximum absolute atomic E-state index is 12.5. The van der Waals surface area contributed by atoms with E-state index in [0.717, 1.165) is 16.9 Å². The molecule has 0 spiro atoms. The Bertz CT molecular complexity index is 1170. The third-order valence-electron chi connectivity index (χ3n) is 4.39. The van der Waals surface area contributed by atoms with E-state index < -0.39 is 5.97 Å². The average molecular weight is 426 g/mol. The van der Waals surface area contributed by atoms with E-state index in [4.69, 9.17) is 14.2 Å². The number of hydrogen-bond donors (Lipinski definition) is 1. The molecule has 4 rings (SSSR count). The molecule has 0 saturated carbocycles. The standard InChI is InChI=1S/C21H18N2O6S/c1-13(24)29-16-5-3-2-4-15(16)10-23-11-19(30-21(23)26)20(25)22-9-14-6-7-17-18(8-14)28-12-27-17/h2-8,11H,9-10,12H2,1H3,(H,22,25). The third kappa shape index (κ3) is 4.36. The van der Waals surface area contributed by atoms with Gasteiger partial charge >= 0.3 is 10.8 Å². The fourth-order valence-corrected chi connectivity index (χ4v) is 3.75. The van der Waals surface area contributed by atoms with Gasteiger partial charge in [-0.05, 0) is 23.8 Å². The summed E-state index contributed by atoms with van der Waals surface area (Å²) in [6.45, 7) is 1.98. The van der Waals surface area contributed by atoms with Crippen molar-refractivity contribution < 1.29 is 23.8 Å². The molecule has 2 heterocycles. The van der Waals surface area contributed by atoms with Crippen LogP contribution in [0, 0.1) is 0 Å². The SMILES string of the molecule is CC(=O)Oc1ccccc1Cn1cc(C(=O)NCc2ccc3c(c2)OCO3)sc1=O. The predicted molar refractivity (Wildman–Crippen MR) is 109 cm³/mol. The molecule has 0 atom stereocenters. The minimum Gasteiger partial charge on any atom is -0.454 e. The van der Waals surface area contributed by atoms with Crippen LogP contribution < -0.4 is 24.4 Å². The molecule has 0 aliphatic carbocycles. The molecule has 1 aliphatic heterocycles. The van der Waals surface area contributed by atoms with Gasteiger partial charge in [0, 0.05) is 25.2 Å². The second-order valence-electron chi connectivity index (χ2n) is 6.56. The number of carbonyl (C=O) groups excluding carboxylic acids is 2. The Morgan fingerprint density at radius 3 is 2.80 bits per heavy atom. The van der Waals surface area contributed by atoms with Crippen LogP contribution in [-0.4, -0.2) is 23.2 Å². The van der Waals surface area contributed by atoms with Crippen molar-refractivity contribution in [3.63, 3.8) is 0 Å². The van der Waals surface area contributed by atoms with Gasteiger partial charge in [-0.1, -0.05) is 35.6 Å². The Hall–Kier alpha value is -3.59. The smallest absolute Gasteiger partial charge is 0.308 e. The normalized spacial score (nSPS) is 11.9. The van der Waals surface area contributed by atoms with E-state index in [9.17, 15) is 14.4 Å². The summed E-state index contributed by atoms with van der Waals surface area (Å²) in [4.78, 5) is 36.1. The number of para-hydroxylation sites is 1. The highest BCUT2D eigenvalue weighted by Crippen LogP contribution is 2.32. The highest BCUT2D eigenvalue weighted by molar-refractivity contribution is 7.11. The molecule has 1 aromatic heterocycles. The molecule has 1 amide bonds. The summed E-state index contributed by atoms with van der Waals surface area (Å²) in [5, 5.41) is 2.80. The monoisotopic (exact) mass is 426 g/mol. The fourth-order valence-electron chi connectivity index (χ4n) is 2.98. The van der Waals surface area contributed by atoms with Crippen LogP contribution >= 0.6 is 11.3 Å². The lowest BCUT2D eigenvalue weighted by Gasteiger charge is -2.08. The van der Waals surface area contributed by atoms with Crippen LogP contribution in [0.1, 0.15) is 27.7 Å². The first-order valence-electron chi connectivity index (χ1n) is 9.13. The lowest BCUT2D eigenvalue weighted by molar-refractivity contribution is -0.131. The Kier molecular flexibility index (Phi) is 5.53. The number of rotatable bonds is 6. The largest absolute Gasteiger partial charge is 0.454 e. The molecule has 0 fully saturated rings. The third-order valence-corrected chi connectivity index (χ3v) is 5.31. The van der Waals surface area contributed by atoms with Crippen molar-refractivity contribution in [2.75, 3.05) is 6.79 Å². The van der Waals surface area contributed by atoms with Crippen LogP contribution in [0.3, 0.4) is 0 Å². The molecule has 2 aromatic carbocycles. The number of aromatic nitrogens is 1. The number of carbonyl (C=O) groups is 2. The molecule has 9 heteroatoms. The van der Waals surface area contributed by atoms with Crippen LogP contribution in [0.25, 0.3) is 0 Å². The highest BCUT2D eigenvalue weighted by atomic mass is 32.1. The molecule has 154 valence electrons. The van der Waals surface area contributed by atoms with Crippen LogP contribution in [0.4, 0.5) is 0 Å². The number of esters is 1. The van der Waals surface area contributed by atoms with Gasteiger partial charge < -0.3 is 24.1 Å². The van der Waals surface area contributed by atoms with Crippen LogP contribution in [0.15, 0.2) is 53.5 Å². The molecule has 8 nitrogen and oxygen atoms in total. The number of hydrogen-bond acceptors (Lipinski definition) is 7. The minimum absolute atomic E-state index is 0.188. The van der Waals surface area contributed by atoms with Gasteiger partial charge in [0.2, 0.25) is 6.79 Å². The summed E-state index contributed by atoms with van der Waals surface area (Å²) in [5.74, 6) is 0.917. The van der Waals surface area contributed by atoms with E-state index in [1.165, 1.54) is 17.7 Å². The maximum Gasteiger partial charge on any atom is 0.308 e. The van der Waals surface area contributed by atoms with Gasteiger partial charge in [0.15, 0.2) is 11.5 Å². The zero-order valence-corrected chi connectivity index (χ0v) is 16.9. The van der Waals surface area contributed by atoms with Crippen molar-refractivity contribution >= 4 is 23.2 Å². The van der Waals surface area contributed by atoms with Gasteiger partial charge in [-0.3, -0.25) is 14.4 Å². The first kappa shape index (κ1) is 19.7. The van der Waals surface area contributed by atoms with Crippen molar-refractivity contribution in [3.05, 3.63) is 74.3 Å². The molecule has 0 bridgehead atoms. The number of ether oxygens (including phenoxy) is 3. The van der Waals surface area contributed by atoms with Gasteiger partial charge in [-0.25, -0.2) is 0 Å². The molecule has 30 heavy (non-hydrogen) atoms. The molecule has 3 aromatic rings. The predicted octanol–water partition coefficient (Wildman–Crippen LogP) is 2.54. The van der Waals surface area contributed by atoms with Crippen molar-refractivity contribution in [2.45, 2.75) is 20.0 Å². The Morgan fingerprint density at radius 2 is 1.97 bits per heavy atom. The summed E-state index contributed by atoms with van der Waals surface area (Å²) in [6, 6.07) is 12.4. The fraction of sp³-hybridized carbons (Fsp3) is 0.190. The summed E-state index contributed by atoms with van der Waals surface area (Å²) in [5.41, 5.74) is 1.52. The number of fused-ring (bicyclic) bond motifs is 1. The number of nitrogens with zero attached hydrogens (tertiary/aromatic N) is 1. The number of nitrogens with one attached hydrogen (secondary N) is 1. The Morgan fingerprint density at radius 1 is 1.17 bits per heavy atom. The summed E-state index contributed by atoms with van der Waals surface area (Å²) in [6.07, 6.45) is 1.51. The lowest BCUT2D eigenvalue weighted by atomic mass is 10.2. The minimum atomic E-state index is -0.441. The van der Waals surface area contributed by atoms with E-state index in [1.54, 1.807) is 30.3 Å². The van der Waals surface area contributed by atoms with E-state index in [0.29, 0.717) is 27.7 Å². The van der Waals surface area contributed by atoms with E-state index in [2.05, 4.69) is 5.32 Å². The van der Waals surface area contributed by atoms with Gasteiger partial charge in [0.1, 0.15) is 10.6 Å². The van der Waals surface area contributed by atoms with Crippen molar-refractivity contribution in [3.8, 4) is 17.2 Å². The first-order chi connectivity index (χ1) is 14.5. The van der Waals surface area contributed by atoms with E-state index in [-0.39, 0.29) is 30.7 Å². The zero-order valence-electron chi connectivity index (χ0n) is 16.0. The van der Waals surface area contributed by atoms with E-state index in [1.807, 2.05) is 12.1 Å². The number of amides is 1. The highest BCUT2D eigenvalue weighted by Gasteiger charge is 2.16. The van der Waals surface area contributed by atoms with Crippen LogP contribution in [0.5, 0.6) is 17.2 Å². The van der Waals surface area contributed by atoms with Gasteiger partial charge in [0.25, 0.3) is 5.91 Å². The van der Waals surface area contributed by atoms with Crippen molar-refractivity contribution in [1.29, 1.82) is 0 Å². The molecule has 0 saturated heterocycles. The van der Waals surface area contributed by atoms with Gasteiger partial charge in [0.05, 0.1) is 6.54 Å². The molecular weight excluding hydrogens is 408 g/mol.